The maximum atomic E-state index is 14.5. The zero-order valence-corrected chi connectivity index (χ0v) is 25.9. The molecule has 1 saturated heterocycles. The molecule has 0 aromatic heterocycles. The van der Waals surface area contributed by atoms with Crippen molar-refractivity contribution in [1.82, 2.24) is 26.2 Å². The molecule has 1 heterocycles. The summed E-state index contributed by atoms with van der Waals surface area (Å²) < 4.78 is 0. The van der Waals surface area contributed by atoms with Crippen molar-refractivity contribution in [1.29, 1.82) is 0 Å². The Morgan fingerprint density at radius 1 is 1.00 bits per heavy atom. The van der Waals surface area contributed by atoms with Crippen molar-refractivity contribution in [2.45, 2.75) is 95.2 Å². The van der Waals surface area contributed by atoms with Crippen LogP contribution < -0.4 is 21.3 Å². The van der Waals surface area contributed by atoms with E-state index in [1.165, 1.54) is 23.6 Å². The fourth-order valence-electron chi connectivity index (χ4n) is 8.09. The van der Waals surface area contributed by atoms with Crippen LogP contribution in [0, 0.1) is 17.8 Å². The molecule has 0 spiro atoms. The minimum Gasteiger partial charge on any atom is -0.347 e. The first-order chi connectivity index (χ1) is 21.2. The van der Waals surface area contributed by atoms with Gasteiger partial charge < -0.3 is 26.2 Å². The van der Waals surface area contributed by atoms with Crippen LogP contribution >= 0.6 is 0 Å². The Kier molecular flexibility index (Phi) is 10.1. The monoisotopic (exact) mass is 605 g/mol. The van der Waals surface area contributed by atoms with Gasteiger partial charge in [-0.1, -0.05) is 62.9 Å². The normalized spacial score (nSPS) is 24.5. The standard InChI is InChI=1S/C34H47N5O5/c1-3-17-35-30(41)27(40)20-36-31(42)29-26-14-10-13-24(26)21-39(29)32(43)28(25-18-22-11-6-7-12-23(22)19-25)37-33(44)38-34(4-2)15-8-5-9-16-34/h3,6-7,11-12,24-26,28-29H,1,4-5,8-10,13-21H2,2H3,(H,35,41)(H,36,42)(H2,37,38,44)/t24-,26-,28-,29-/m0/s1. The summed E-state index contributed by atoms with van der Waals surface area (Å²) in [6.45, 7) is 5.76. The van der Waals surface area contributed by atoms with E-state index in [0.717, 1.165) is 51.4 Å². The molecule has 2 saturated carbocycles. The van der Waals surface area contributed by atoms with Gasteiger partial charge >= 0.3 is 6.03 Å². The summed E-state index contributed by atoms with van der Waals surface area (Å²) in [7, 11) is 0. The third-order valence-corrected chi connectivity index (χ3v) is 10.5. The molecule has 1 aromatic rings. The summed E-state index contributed by atoms with van der Waals surface area (Å²) in [5, 5.41) is 11.4. The number of ketones is 1. The molecular weight excluding hydrogens is 558 g/mol. The van der Waals surface area contributed by atoms with Gasteiger partial charge in [0.05, 0.1) is 6.54 Å². The van der Waals surface area contributed by atoms with Crippen LogP contribution in [0.3, 0.4) is 0 Å². The Morgan fingerprint density at radius 2 is 1.70 bits per heavy atom. The number of carbonyl (C=O) groups excluding carboxylic acids is 5. The fraction of sp³-hybridized carbons (Fsp3) is 0.618. The molecule has 4 aliphatic rings. The second-order valence-corrected chi connectivity index (χ2v) is 13.1. The number of hydrogen-bond donors (Lipinski definition) is 4. The zero-order chi connectivity index (χ0) is 31.3. The van der Waals surface area contributed by atoms with Crippen molar-refractivity contribution in [3.8, 4) is 0 Å². The number of urea groups is 1. The average molecular weight is 606 g/mol. The number of fused-ring (bicyclic) bond motifs is 2. The third kappa shape index (κ3) is 6.84. The number of carbonyl (C=O) groups is 5. The maximum absolute atomic E-state index is 14.5. The molecule has 4 atom stereocenters. The largest absolute Gasteiger partial charge is 0.347 e. The van der Waals surface area contributed by atoms with Gasteiger partial charge in [0.15, 0.2) is 0 Å². The lowest BCUT2D eigenvalue weighted by Crippen LogP contribution is -2.61. The van der Waals surface area contributed by atoms with Gasteiger partial charge in [0.2, 0.25) is 17.6 Å². The van der Waals surface area contributed by atoms with Gasteiger partial charge in [0.25, 0.3) is 5.91 Å². The predicted octanol–water partition coefficient (Wildman–Crippen LogP) is 2.80. The van der Waals surface area contributed by atoms with Gasteiger partial charge in [-0.2, -0.15) is 0 Å². The van der Waals surface area contributed by atoms with E-state index in [-0.39, 0.29) is 41.8 Å². The summed E-state index contributed by atoms with van der Waals surface area (Å²) in [6, 6.07) is 6.24. The van der Waals surface area contributed by atoms with E-state index in [4.69, 9.17) is 0 Å². The van der Waals surface area contributed by atoms with Crippen molar-refractivity contribution in [2.24, 2.45) is 17.8 Å². The quantitative estimate of drug-likeness (QED) is 0.227. The first-order valence-electron chi connectivity index (χ1n) is 16.4. The van der Waals surface area contributed by atoms with E-state index in [0.29, 0.717) is 19.4 Å². The molecule has 3 fully saturated rings. The SMILES string of the molecule is C=CCNC(=O)C(=O)CNC(=O)[C@@H]1[C@H]2CCC[C@H]2CN1C(=O)[C@@H](NC(=O)NC1(CC)CCCCC1)C1Cc2ccccc2C1. The lowest BCUT2D eigenvalue weighted by molar-refractivity contribution is -0.142. The number of amides is 5. The first kappa shape index (κ1) is 31.7. The smallest absolute Gasteiger partial charge is 0.315 e. The highest BCUT2D eigenvalue weighted by atomic mass is 16.2. The van der Waals surface area contributed by atoms with Crippen LogP contribution in [0.2, 0.25) is 0 Å². The fourth-order valence-corrected chi connectivity index (χ4v) is 8.09. The molecule has 1 aliphatic heterocycles. The molecular formula is C34H47N5O5. The summed E-state index contributed by atoms with van der Waals surface area (Å²) in [6.07, 6.45) is 11.5. The van der Waals surface area contributed by atoms with Crippen molar-refractivity contribution in [3.05, 3.63) is 48.0 Å². The minimum atomic E-state index is -0.805. The van der Waals surface area contributed by atoms with Crippen LogP contribution in [0.5, 0.6) is 0 Å². The number of nitrogens with zero attached hydrogens (tertiary/aromatic N) is 1. The topological polar surface area (TPSA) is 137 Å². The van der Waals surface area contributed by atoms with Crippen molar-refractivity contribution < 1.29 is 24.0 Å². The Bertz CT molecular complexity index is 1250. The Hall–Kier alpha value is -3.69. The molecule has 5 amide bonds. The molecule has 10 heteroatoms. The van der Waals surface area contributed by atoms with Crippen molar-refractivity contribution in [2.75, 3.05) is 19.6 Å². The van der Waals surface area contributed by atoms with Gasteiger partial charge in [-0.15, -0.1) is 6.58 Å². The van der Waals surface area contributed by atoms with Crippen LogP contribution in [-0.2, 0) is 32.0 Å². The summed E-state index contributed by atoms with van der Waals surface area (Å²) in [5.74, 6) is -2.21. The van der Waals surface area contributed by atoms with E-state index in [1.807, 2.05) is 12.1 Å². The second kappa shape index (κ2) is 13.9. The summed E-state index contributed by atoms with van der Waals surface area (Å²) >= 11 is 0. The second-order valence-electron chi connectivity index (χ2n) is 13.1. The lowest BCUT2D eigenvalue weighted by Gasteiger charge is -2.38. The van der Waals surface area contributed by atoms with Gasteiger partial charge in [-0.3, -0.25) is 19.2 Å². The molecule has 0 unspecified atom stereocenters. The molecule has 0 radical (unpaired) electrons. The molecule has 44 heavy (non-hydrogen) atoms. The van der Waals surface area contributed by atoms with E-state index < -0.39 is 36.2 Å². The number of rotatable bonds is 11. The van der Waals surface area contributed by atoms with Gasteiger partial charge in [0, 0.05) is 18.6 Å². The van der Waals surface area contributed by atoms with E-state index >= 15 is 0 Å². The molecule has 0 bridgehead atoms. The molecule has 238 valence electrons. The predicted molar refractivity (Wildman–Crippen MR) is 166 cm³/mol. The number of benzene rings is 1. The number of nitrogens with one attached hydrogen (secondary N) is 4. The highest BCUT2D eigenvalue weighted by Crippen LogP contribution is 2.43. The Balaban J connectivity index is 1.34. The van der Waals surface area contributed by atoms with Crippen LogP contribution in [0.15, 0.2) is 36.9 Å². The molecule has 4 N–H and O–H groups in total. The Labute approximate surface area is 260 Å². The highest BCUT2D eigenvalue weighted by molar-refractivity contribution is 6.37. The van der Waals surface area contributed by atoms with Crippen molar-refractivity contribution in [3.63, 3.8) is 0 Å². The van der Waals surface area contributed by atoms with Gasteiger partial charge in [-0.25, -0.2) is 4.79 Å². The third-order valence-electron chi connectivity index (χ3n) is 10.5. The van der Waals surface area contributed by atoms with E-state index in [9.17, 15) is 24.0 Å². The van der Waals surface area contributed by atoms with Gasteiger partial charge in [0.1, 0.15) is 12.1 Å². The van der Waals surface area contributed by atoms with Gasteiger partial charge in [-0.05, 0) is 73.8 Å². The Morgan fingerprint density at radius 3 is 2.36 bits per heavy atom. The van der Waals surface area contributed by atoms with Crippen LogP contribution in [0.1, 0.15) is 75.8 Å². The lowest BCUT2D eigenvalue weighted by atomic mass is 9.80. The van der Waals surface area contributed by atoms with Crippen LogP contribution in [0.25, 0.3) is 0 Å². The first-order valence-corrected chi connectivity index (χ1v) is 16.4. The van der Waals surface area contributed by atoms with Crippen LogP contribution in [0.4, 0.5) is 4.79 Å². The molecule has 5 rings (SSSR count). The minimum absolute atomic E-state index is 0.0236. The van der Waals surface area contributed by atoms with E-state index in [1.54, 1.807) is 4.90 Å². The highest BCUT2D eigenvalue weighted by Gasteiger charge is 2.51. The number of Topliss-reactive ketones (excluding diaryl/α,β-unsaturated/α-hetero) is 1. The summed E-state index contributed by atoms with van der Waals surface area (Å²) in [4.78, 5) is 67.8. The molecule has 10 nitrogen and oxygen atoms in total. The van der Waals surface area contributed by atoms with E-state index in [2.05, 4.69) is 46.9 Å². The van der Waals surface area contributed by atoms with Crippen LogP contribution in [-0.4, -0.2) is 71.7 Å². The molecule has 3 aliphatic carbocycles. The number of hydrogen-bond acceptors (Lipinski definition) is 5. The number of likely N-dealkylation sites (tertiary alicyclic amines) is 1. The van der Waals surface area contributed by atoms with Crippen molar-refractivity contribution >= 4 is 29.5 Å². The molecule has 1 aromatic carbocycles. The zero-order valence-electron chi connectivity index (χ0n) is 25.9. The maximum Gasteiger partial charge on any atom is 0.315 e. The average Bonchev–Trinajstić information content (AvgIpc) is 3.76. The summed E-state index contributed by atoms with van der Waals surface area (Å²) in [5.41, 5.74) is 2.08.